The summed E-state index contributed by atoms with van der Waals surface area (Å²) in [5, 5.41) is 7.33. The molecule has 3 saturated heterocycles. The number of amides is 4. The Labute approximate surface area is 361 Å². The number of hydrogen-bond acceptors (Lipinski definition) is 7. The first-order chi connectivity index (χ1) is 30.1. The number of benzene rings is 3. The van der Waals surface area contributed by atoms with Crippen molar-refractivity contribution in [1.82, 2.24) is 34.8 Å². The van der Waals surface area contributed by atoms with E-state index >= 15 is 4.39 Å². The number of nitrogens with zero attached hydrogens (tertiary/aromatic N) is 6. The summed E-state index contributed by atoms with van der Waals surface area (Å²) in [7, 11) is 3.37. The molecule has 322 valence electrons. The fourth-order valence-electron chi connectivity index (χ4n) is 9.99. The van der Waals surface area contributed by atoms with Crippen LogP contribution in [-0.4, -0.2) is 112 Å². The molecule has 0 aliphatic carbocycles. The molecule has 0 radical (unpaired) electrons. The Balaban J connectivity index is 0.853. The Morgan fingerprint density at radius 2 is 1.61 bits per heavy atom. The van der Waals surface area contributed by atoms with Crippen molar-refractivity contribution in [3.05, 3.63) is 113 Å². The van der Waals surface area contributed by atoms with Crippen molar-refractivity contribution in [2.24, 2.45) is 0 Å². The van der Waals surface area contributed by atoms with E-state index in [1.54, 1.807) is 35.9 Å². The normalized spacial score (nSPS) is 19.5. The Bertz CT molecular complexity index is 2480. The molecular formula is C49H55FN8O4. The number of aromatic nitrogens is 3. The van der Waals surface area contributed by atoms with Crippen LogP contribution in [0.1, 0.15) is 90.4 Å². The van der Waals surface area contributed by atoms with Gasteiger partial charge in [-0.25, -0.2) is 4.39 Å². The summed E-state index contributed by atoms with van der Waals surface area (Å²) in [5.74, 6) is -0.844. The smallest absolute Gasteiger partial charge is 0.269 e. The molecule has 62 heavy (non-hydrogen) atoms. The number of rotatable bonds is 10. The molecule has 6 heterocycles. The summed E-state index contributed by atoms with van der Waals surface area (Å²) >= 11 is 0. The van der Waals surface area contributed by atoms with Crippen LogP contribution in [0, 0.1) is 5.82 Å². The zero-order valence-corrected chi connectivity index (χ0v) is 35.6. The van der Waals surface area contributed by atoms with Gasteiger partial charge in [0.2, 0.25) is 17.7 Å². The Morgan fingerprint density at radius 1 is 0.871 bits per heavy atom. The SMILES string of the molecule is CN(C)C(=O)c1cc2c(-c3ccc(C4CCN(C5CCN(c6ccc(C7CCC(=O)NC7=O)cc6)CC5)CC4)cc3)cc(C3=CCCN(C(=O)CCn4cccn4)C3)c(F)c2[nH]1. The van der Waals surface area contributed by atoms with Gasteiger partial charge in [-0.3, -0.25) is 29.2 Å². The number of anilines is 1. The summed E-state index contributed by atoms with van der Waals surface area (Å²) in [6.45, 7) is 5.48. The van der Waals surface area contributed by atoms with Crippen LogP contribution in [0.2, 0.25) is 0 Å². The van der Waals surface area contributed by atoms with Gasteiger partial charge in [0.05, 0.1) is 11.4 Å². The number of hydrogen-bond donors (Lipinski definition) is 2. The molecule has 2 aromatic heterocycles. The lowest BCUT2D eigenvalue weighted by Crippen LogP contribution is -2.47. The van der Waals surface area contributed by atoms with Gasteiger partial charge in [-0.15, -0.1) is 0 Å². The van der Waals surface area contributed by atoms with Gasteiger partial charge in [-0.05, 0) is 116 Å². The lowest BCUT2D eigenvalue weighted by Gasteiger charge is -2.42. The van der Waals surface area contributed by atoms with E-state index in [1.165, 1.54) is 16.2 Å². The first-order valence-electron chi connectivity index (χ1n) is 22.1. The monoisotopic (exact) mass is 838 g/mol. The highest BCUT2D eigenvalue weighted by Crippen LogP contribution is 2.39. The van der Waals surface area contributed by atoms with E-state index in [1.807, 2.05) is 36.5 Å². The van der Waals surface area contributed by atoms with Gasteiger partial charge in [0.15, 0.2) is 5.82 Å². The summed E-state index contributed by atoms with van der Waals surface area (Å²) in [6.07, 6.45) is 11.9. The highest BCUT2D eigenvalue weighted by atomic mass is 19.1. The minimum absolute atomic E-state index is 0.00563. The topological polar surface area (TPSA) is 127 Å². The highest BCUT2D eigenvalue weighted by Gasteiger charge is 2.31. The number of likely N-dealkylation sites (tertiary alicyclic amines) is 1. The Morgan fingerprint density at radius 3 is 2.31 bits per heavy atom. The number of carbonyl (C=O) groups is 4. The molecule has 4 aliphatic rings. The molecule has 0 spiro atoms. The number of aryl methyl sites for hydroxylation is 1. The molecule has 1 atom stereocenters. The molecular weight excluding hydrogens is 784 g/mol. The third-order valence-corrected chi connectivity index (χ3v) is 13.6. The number of aromatic amines is 1. The molecule has 3 aromatic carbocycles. The van der Waals surface area contributed by atoms with Gasteiger partial charge in [0.1, 0.15) is 5.69 Å². The maximum Gasteiger partial charge on any atom is 0.269 e. The van der Waals surface area contributed by atoms with Crippen LogP contribution in [0.25, 0.3) is 27.6 Å². The number of halogens is 1. The van der Waals surface area contributed by atoms with Crippen molar-refractivity contribution in [2.75, 3.05) is 58.3 Å². The molecule has 4 amide bonds. The predicted molar refractivity (Wildman–Crippen MR) is 238 cm³/mol. The molecule has 0 saturated carbocycles. The number of H-pyrrole nitrogens is 1. The third-order valence-electron chi connectivity index (χ3n) is 13.6. The van der Waals surface area contributed by atoms with Crippen LogP contribution in [0.5, 0.6) is 0 Å². The predicted octanol–water partition coefficient (Wildman–Crippen LogP) is 6.95. The fraction of sp³-hybridized carbons (Fsp3) is 0.408. The number of carbonyl (C=O) groups excluding carboxylic acids is 4. The van der Waals surface area contributed by atoms with Crippen LogP contribution >= 0.6 is 0 Å². The first kappa shape index (κ1) is 41.3. The minimum Gasteiger partial charge on any atom is -0.371 e. The van der Waals surface area contributed by atoms with Gasteiger partial charge >= 0.3 is 0 Å². The molecule has 5 aromatic rings. The van der Waals surface area contributed by atoms with E-state index < -0.39 is 5.82 Å². The average molecular weight is 839 g/mol. The molecule has 13 heteroatoms. The van der Waals surface area contributed by atoms with E-state index in [0.717, 1.165) is 74.1 Å². The van der Waals surface area contributed by atoms with Crippen molar-refractivity contribution < 1.29 is 23.6 Å². The number of imide groups is 1. The van der Waals surface area contributed by atoms with Gasteiger partial charge in [-0.2, -0.15) is 5.10 Å². The van der Waals surface area contributed by atoms with Gasteiger partial charge < -0.3 is 24.6 Å². The number of fused-ring (bicyclic) bond motifs is 1. The highest BCUT2D eigenvalue weighted by molar-refractivity contribution is 6.04. The van der Waals surface area contributed by atoms with Crippen LogP contribution < -0.4 is 10.2 Å². The molecule has 1 unspecified atom stereocenters. The molecule has 12 nitrogen and oxygen atoms in total. The second-order valence-corrected chi connectivity index (χ2v) is 17.6. The molecule has 9 rings (SSSR count). The van der Waals surface area contributed by atoms with Crippen molar-refractivity contribution in [1.29, 1.82) is 0 Å². The minimum atomic E-state index is -0.423. The molecule has 2 N–H and O–H groups in total. The Kier molecular flexibility index (Phi) is 11.8. The van der Waals surface area contributed by atoms with E-state index in [9.17, 15) is 19.2 Å². The van der Waals surface area contributed by atoms with E-state index in [4.69, 9.17) is 0 Å². The lowest BCUT2D eigenvalue weighted by atomic mass is 9.86. The van der Waals surface area contributed by atoms with E-state index in [2.05, 4.69) is 61.6 Å². The number of piperidine rings is 3. The zero-order chi connectivity index (χ0) is 42.9. The maximum atomic E-state index is 16.6. The van der Waals surface area contributed by atoms with Crippen LogP contribution in [-0.2, 0) is 20.9 Å². The summed E-state index contributed by atoms with van der Waals surface area (Å²) in [5.41, 5.74) is 7.05. The van der Waals surface area contributed by atoms with E-state index in [-0.39, 0.29) is 35.1 Å². The molecule has 3 fully saturated rings. The summed E-state index contributed by atoms with van der Waals surface area (Å²) in [6, 6.07) is 23.1. The lowest BCUT2D eigenvalue weighted by molar-refractivity contribution is -0.134. The maximum absolute atomic E-state index is 16.6. The second kappa shape index (κ2) is 17.7. The van der Waals surface area contributed by atoms with Crippen LogP contribution in [0.15, 0.2) is 85.2 Å². The standard InChI is InChI=1S/C49H55FN8O4/c1-54(2)49(62)43-30-42-40(29-41(46(50)47(42)52-43)36-5-3-22-57(31-36)45(60)20-28-58-23-4-21-51-58)35-8-6-32(7-9-35)33-16-24-55(25-17-33)38-18-26-56(27-19-38)37-12-10-34(11-13-37)39-14-15-44(59)53-48(39)61/h4-13,21,23,29-30,33,38-39,52H,3,14-20,22,24-28,31H2,1-2H3,(H,53,59,61). The quantitative estimate of drug-likeness (QED) is 0.146. The van der Waals surface area contributed by atoms with Gasteiger partial charge in [0.25, 0.3) is 5.91 Å². The van der Waals surface area contributed by atoms with E-state index in [0.29, 0.717) is 73.9 Å². The van der Waals surface area contributed by atoms with Crippen LogP contribution in [0.3, 0.4) is 0 Å². The van der Waals surface area contributed by atoms with Crippen molar-refractivity contribution >= 4 is 45.8 Å². The summed E-state index contributed by atoms with van der Waals surface area (Å²) < 4.78 is 18.4. The van der Waals surface area contributed by atoms with Crippen LogP contribution in [0.4, 0.5) is 10.1 Å². The largest absolute Gasteiger partial charge is 0.371 e. The average Bonchev–Trinajstić information content (AvgIpc) is 4.00. The molecule has 0 bridgehead atoms. The Hall–Kier alpha value is -6.08. The van der Waals surface area contributed by atoms with Gasteiger partial charge in [0, 0.05) is 94.7 Å². The summed E-state index contributed by atoms with van der Waals surface area (Å²) in [4.78, 5) is 61.8. The van der Waals surface area contributed by atoms with Gasteiger partial charge in [-0.1, -0.05) is 42.5 Å². The second-order valence-electron chi connectivity index (χ2n) is 17.6. The molecule has 4 aliphatic heterocycles. The number of nitrogens with one attached hydrogen (secondary N) is 2. The fourth-order valence-corrected chi connectivity index (χ4v) is 9.99. The van der Waals surface area contributed by atoms with Crippen molar-refractivity contribution in [3.8, 4) is 11.1 Å². The van der Waals surface area contributed by atoms with Crippen molar-refractivity contribution in [3.63, 3.8) is 0 Å². The first-order valence-corrected chi connectivity index (χ1v) is 22.1. The zero-order valence-electron chi connectivity index (χ0n) is 35.6. The van der Waals surface area contributed by atoms with Crippen molar-refractivity contribution in [2.45, 2.75) is 75.8 Å². The third kappa shape index (κ3) is 8.55.